The molecule has 1 atom stereocenters. The van der Waals surface area contributed by atoms with Crippen molar-refractivity contribution in [1.29, 1.82) is 0 Å². The van der Waals surface area contributed by atoms with Crippen LogP contribution in [-0.2, 0) is 6.54 Å². The van der Waals surface area contributed by atoms with Gasteiger partial charge in [-0.05, 0) is 37.8 Å². The zero-order valence-corrected chi connectivity index (χ0v) is 10.2. The number of alkyl halides is 1. The van der Waals surface area contributed by atoms with Crippen LogP contribution in [0, 0.1) is 5.92 Å². The lowest BCUT2D eigenvalue weighted by molar-refractivity contribution is 0.161. The largest absolute Gasteiger partial charge is 0.296 e. The first kappa shape index (κ1) is 11.8. The second-order valence-electron chi connectivity index (χ2n) is 4.39. The Balaban J connectivity index is 1.85. The zero-order valence-electron chi connectivity index (χ0n) is 9.48. The van der Waals surface area contributed by atoms with E-state index < -0.39 is 0 Å². The van der Waals surface area contributed by atoms with Gasteiger partial charge in [0.05, 0.1) is 6.54 Å². The van der Waals surface area contributed by atoms with E-state index in [2.05, 4.69) is 14.9 Å². The summed E-state index contributed by atoms with van der Waals surface area (Å²) < 4.78 is 0. The summed E-state index contributed by atoms with van der Waals surface area (Å²) in [6.07, 6.45) is 7.34. The maximum atomic E-state index is 5.80. The number of piperidine rings is 1. The molecule has 0 spiro atoms. The lowest BCUT2D eigenvalue weighted by atomic mass is 9.95. The van der Waals surface area contributed by atoms with Gasteiger partial charge in [-0.1, -0.05) is 0 Å². The molecule has 0 aliphatic carbocycles. The van der Waals surface area contributed by atoms with Gasteiger partial charge in [0.15, 0.2) is 0 Å². The molecule has 0 amide bonds. The fourth-order valence-electron chi connectivity index (χ4n) is 2.30. The van der Waals surface area contributed by atoms with Gasteiger partial charge in [0, 0.05) is 24.8 Å². The highest BCUT2D eigenvalue weighted by Crippen LogP contribution is 2.20. The predicted octanol–water partition coefficient (Wildman–Crippen LogP) is 2.32. The molecule has 0 N–H and O–H groups in total. The number of hydrogen-bond acceptors (Lipinski definition) is 3. The van der Waals surface area contributed by atoms with Crippen molar-refractivity contribution in [1.82, 2.24) is 14.9 Å². The van der Waals surface area contributed by atoms with E-state index in [9.17, 15) is 0 Å². The summed E-state index contributed by atoms with van der Waals surface area (Å²) >= 11 is 5.80. The van der Waals surface area contributed by atoms with Crippen LogP contribution in [0.4, 0.5) is 0 Å². The van der Waals surface area contributed by atoms with Crippen molar-refractivity contribution in [2.45, 2.75) is 25.8 Å². The Morgan fingerprint density at radius 1 is 1.38 bits per heavy atom. The smallest absolute Gasteiger partial charge is 0.142 e. The van der Waals surface area contributed by atoms with Crippen LogP contribution >= 0.6 is 11.6 Å². The molecule has 2 heterocycles. The minimum Gasteiger partial charge on any atom is -0.296 e. The van der Waals surface area contributed by atoms with Crippen LogP contribution in [0.3, 0.4) is 0 Å². The molecule has 3 nitrogen and oxygen atoms in total. The summed E-state index contributed by atoms with van der Waals surface area (Å²) in [5.74, 6) is 2.46. The fraction of sp³-hybridized carbons (Fsp3) is 0.667. The van der Waals surface area contributed by atoms with E-state index >= 15 is 0 Å². The summed E-state index contributed by atoms with van der Waals surface area (Å²) in [7, 11) is 0. The second kappa shape index (κ2) is 6.16. The molecule has 0 saturated carbocycles. The lowest BCUT2D eigenvalue weighted by Crippen LogP contribution is -2.35. The van der Waals surface area contributed by atoms with E-state index in [1.54, 1.807) is 0 Å². The lowest BCUT2D eigenvalue weighted by Gasteiger charge is -2.31. The SMILES string of the molecule is ClCCC1CCCN(Cc2ncccn2)C1. The van der Waals surface area contributed by atoms with Crippen LogP contribution < -0.4 is 0 Å². The molecule has 2 rings (SSSR count). The van der Waals surface area contributed by atoms with Crippen LogP contribution in [0.15, 0.2) is 18.5 Å². The van der Waals surface area contributed by atoms with Crippen LogP contribution in [0.2, 0.25) is 0 Å². The Morgan fingerprint density at radius 3 is 2.94 bits per heavy atom. The van der Waals surface area contributed by atoms with Crippen molar-refractivity contribution in [3.63, 3.8) is 0 Å². The molecule has 1 aliphatic rings. The molecule has 1 aromatic heterocycles. The van der Waals surface area contributed by atoms with Crippen molar-refractivity contribution in [3.05, 3.63) is 24.3 Å². The van der Waals surface area contributed by atoms with Crippen LogP contribution in [0.1, 0.15) is 25.1 Å². The van der Waals surface area contributed by atoms with Crippen LogP contribution in [0.25, 0.3) is 0 Å². The molecule has 0 aromatic carbocycles. The zero-order chi connectivity index (χ0) is 11.2. The topological polar surface area (TPSA) is 29.0 Å². The molecule has 1 aromatic rings. The molecule has 4 heteroatoms. The van der Waals surface area contributed by atoms with Gasteiger partial charge in [0.1, 0.15) is 5.82 Å². The Labute approximate surface area is 102 Å². The van der Waals surface area contributed by atoms with Gasteiger partial charge < -0.3 is 0 Å². The summed E-state index contributed by atoms with van der Waals surface area (Å²) in [4.78, 5) is 11.0. The molecule has 88 valence electrons. The number of halogens is 1. The number of nitrogens with zero attached hydrogens (tertiary/aromatic N) is 3. The highest BCUT2D eigenvalue weighted by Gasteiger charge is 2.19. The summed E-state index contributed by atoms with van der Waals surface area (Å²) in [5.41, 5.74) is 0. The van der Waals surface area contributed by atoms with Gasteiger partial charge in [-0.25, -0.2) is 9.97 Å². The Bertz CT molecular complexity index is 302. The Kier molecular flexibility index (Phi) is 4.55. The predicted molar refractivity (Wildman–Crippen MR) is 65.4 cm³/mol. The van der Waals surface area contributed by atoms with Gasteiger partial charge in [-0.3, -0.25) is 4.90 Å². The molecular formula is C12H18ClN3. The molecule has 1 fully saturated rings. The van der Waals surface area contributed by atoms with E-state index in [1.165, 1.54) is 12.8 Å². The highest BCUT2D eigenvalue weighted by molar-refractivity contribution is 6.17. The average molecular weight is 240 g/mol. The van der Waals surface area contributed by atoms with E-state index in [0.29, 0.717) is 0 Å². The van der Waals surface area contributed by atoms with Crippen molar-refractivity contribution in [2.75, 3.05) is 19.0 Å². The third-order valence-electron chi connectivity index (χ3n) is 3.10. The van der Waals surface area contributed by atoms with Gasteiger partial charge in [0.2, 0.25) is 0 Å². The number of likely N-dealkylation sites (tertiary alicyclic amines) is 1. The maximum absolute atomic E-state index is 5.80. The standard InChI is InChI=1S/C12H18ClN3/c13-5-4-11-3-1-8-16(9-11)10-12-14-6-2-7-15-12/h2,6-7,11H,1,3-5,8-10H2. The van der Waals surface area contributed by atoms with Crippen molar-refractivity contribution < 1.29 is 0 Å². The van der Waals surface area contributed by atoms with Gasteiger partial charge in [-0.15, -0.1) is 11.6 Å². The Morgan fingerprint density at radius 2 is 2.19 bits per heavy atom. The third-order valence-corrected chi connectivity index (χ3v) is 3.32. The highest BCUT2D eigenvalue weighted by atomic mass is 35.5. The number of aromatic nitrogens is 2. The van der Waals surface area contributed by atoms with E-state index in [-0.39, 0.29) is 0 Å². The molecule has 16 heavy (non-hydrogen) atoms. The summed E-state index contributed by atoms with van der Waals surface area (Å²) in [5, 5.41) is 0. The first-order valence-corrected chi connectivity index (χ1v) is 6.46. The minimum absolute atomic E-state index is 0.759. The van der Waals surface area contributed by atoms with Gasteiger partial charge in [0.25, 0.3) is 0 Å². The van der Waals surface area contributed by atoms with E-state index in [1.807, 2.05) is 18.5 Å². The Hall–Kier alpha value is -0.670. The molecular weight excluding hydrogens is 222 g/mol. The number of rotatable bonds is 4. The summed E-state index contributed by atoms with van der Waals surface area (Å²) in [6.45, 7) is 3.18. The maximum Gasteiger partial charge on any atom is 0.142 e. The van der Waals surface area contributed by atoms with Gasteiger partial charge in [-0.2, -0.15) is 0 Å². The third kappa shape index (κ3) is 3.42. The quantitative estimate of drug-likeness (QED) is 0.756. The molecule has 0 bridgehead atoms. The van der Waals surface area contributed by atoms with Crippen molar-refractivity contribution >= 4 is 11.6 Å². The average Bonchev–Trinajstić information content (AvgIpc) is 2.31. The normalized spacial score (nSPS) is 22.2. The fourth-order valence-corrected chi connectivity index (χ4v) is 2.61. The molecule has 0 radical (unpaired) electrons. The van der Waals surface area contributed by atoms with Crippen molar-refractivity contribution in [2.24, 2.45) is 5.92 Å². The molecule has 1 saturated heterocycles. The van der Waals surface area contributed by atoms with Gasteiger partial charge >= 0.3 is 0 Å². The van der Waals surface area contributed by atoms with E-state index in [4.69, 9.17) is 11.6 Å². The van der Waals surface area contributed by atoms with Crippen molar-refractivity contribution in [3.8, 4) is 0 Å². The van der Waals surface area contributed by atoms with Crippen LogP contribution in [0.5, 0.6) is 0 Å². The number of hydrogen-bond donors (Lipinski definition) is 0. The first-order chi connectivity index (χ1) is 7.88. The second-order valence-corrected chi connectivity index (χ2v) is 4.76. The molecule has 1 unspecified atom stereocenters. The van der Waals surface area contributed by atoms with E-state index in [0.717, 1.165) is 43.7 Å². The summed E-state index contributed by atoms with van der Waals surface area (Å²) in [6, 6.07) is 1.86. The van der Waals surface area contributed by atoms with Crippen LogP contribution in [-0.4, -0.2) is 33.8 Å². The first-order valence-electron chi connectivity index (χ1n) is 5.92. The minimum atomic E-state index is 0.759. The molecule has 1 aliphatic heterocycles. The monoisotopic (exact) mass is 239 g/mol.